The molecule has 100 valence electrons. The zero-order valence-electron chi connectivity index (χ0n) is 10.7. The Kier molecular flexibility index (Phi) is 4.12. The molecule has 0 fully saturated rings. The maximum atomic E-state index is 11.9. The van der Waals surface area contributed by atoms with Gasteiger partial charge in [-0.15, -0.1) is 0 Å². The Hall–Kier alpha value is -2.37. The zero-order valence-corrected chi connectivity index (χ0v) is 10.7. The first-order valence-corrected chi connectivity index (χ1v) is 6.10. The van der Waals surface area contributed by atoms with E-state index in [0.29, 0.717) is 17.1 Å². The molecular weight excluding hydrogens is 244 g/mol. The summed E-state index contributed by atoms with van der Waals surface area (Å²) < 4.78 is 6.92. The molecule has 19 heavy (non-hydrogen) atoms. The van der Waals surface area contributed by atoms with Crippen LogP contribution in [0.5, 0.6) is 0 Å². The first-order chi connectivity index (χ1) is 9.22. The van der Waals surface area contributed by atoms with Crippen LogP contribution in [-0.2, 0) is 17.9 Å². The summed E-state index contributed by atoms with van der Waals surface area (Å²) in [6.07, 6.45) is 2.39. The van der Waals surface area contributed by atoms with Crippen molar-refractivity contribution in [1.29, 1.82) is 0 Å². The van der Waals surface area contributed by atoms with Crippen molar-refractivity contribution in [3.8, 4) is 0 Å². The van der Waals surface area contributed by atoms with E-state index in [1.54, 1.807) is 28.9 Å². The summed E-state index contributed by atoms with van der Waals surface area (Å²) in [5.41, 5.74) is 6.48. The third kappa shape index (κ3) is 3.09. The smallest absolute Gasteiger partial charge is 0.340 e. The van der Waals surface area contributed by atoms with Crippen LogP contribution in [0.15, 0.2) is 30.6 Å². The standard InChI is InChI=1S/C13H16N4O2/c1-2-7-17-12(15-9-16-17)8-19-13(18)10-5-3-4-6-11(10)14/h3-6,9H,2,7-8,14H2,1H3. The van der Waals surface area contributed by atoms with Crippen LogP contribution in [0.4, 0.5) is 5.69 Å². The van der Waals surface area contributed by atoms with Gasteiger partial charge in [-0.3, -0.25) is 0 Å². The molecule has 0 aliphatic heterocycles. The molecule has 0 radical (unpaired) electrons. The predicted molar refractivity (Wildman–Crippen MR) is 70.3 cm³/mol. The van der Waals surface area contributed by atoms with Gasteiger partial charge in [0.15, 0.2) is 12.4 Å². The Bertz CT molecular complexity index is 565. The van der Waals surface area contributed by atoms with Crippen LogP contribution in [0.2, 0.25) is 0 Å². The van der Waals surface area contributed by atoms with Gasteiger partial charge in [0.1, 0.15) is 6.33 Å². The number of aryl methyl sites for hydroxylation is 1. The third-order valence-electron chi connectivity index (χ3n) is 2.64. The van der Waals surface area contributed by atoms with Gasteiger partial charge in [-0.05, 0) is 18.6 Å². The van der Waals surface area contributed by atoms with E-state index >= 15 is 0 Å². The van der Waals surface area contributed by atoms with Crippen LogP contribution in [0, 0.1) is 0 Å². The van der Waals surface area contributed by atoms with Crippen molar-refractivity contribution in [2.45, 2.75) is 26.5 Å². The van der Waals surface area contributed by atoms with Gasteiger partial charge in [0, 0.05) is 12.2 Å². The van der Waals surface area contributed by atoms with Gasteiger partial charge in [0.25, 0.3) is 0 Å². The predicted octanol–water partition coefficient (Wildman–Crippen LogP) is 1.63. The molecule has 0 aliphatic carbocycles. The molecule has 2 N–H and O–H groups in total. The Morgan fingerprint density at radius 1 is 1.42 bits per heavy atom. The van der Waals surface area contributed by atoms with Crippen LogP contribution in [-0.4, -0.2) is 20.7 Å². The zero-order chi connectivity index (χ0) is 13.7. The van der Waals surface area contributed by atoms with E-state index in [1.807, 2.05) is 6.92 Å². The number of carbonyl (C=O) groups is 1. The molecule has 0 unspecified atom stereocenters. The molecule has 0 saturated carbocycles. The summed E-state index contributed by atoms with van der Waals surface area (Å²) in [7, 11) is 0. The van der Waals surface area contributed by atoms with Crippen molar-refractivity contribution < 1.29 is 9.53 Å². The maximum Gasteiger partial charge on any atom is 0.340 e. The van der Waals surface area contributed by atoms with Crippen LogP contribution in [0.3, 0.4) is 0 Å². The molecule has 2 aromatic rings. The molecule has 0 atom stereocenters. The number of rotatable bonds is 5. The Morgan fingerprint density at radius 2 is 2.21 bits per heavy atom. The molecule has 0 aliphatic rings. The molecule has 1 heterocycles. The highest BCUT2D eigenvalue weighted by Crippen LogP contribution is 2.12. The summed E-state index contributed by atoms with van der Waals surface area (Å²) in [5, 5.41) is 4.06. The minimum atomic E-state index is -0.454. The molecule has 0 spiro atoms. The number of benzene rings is 1. The lowest BCUT2D eigenvalue weighted by Crippen LogP contribution is -2.12. The fourth-order valence-corrected chi connectivity index (χ4v) is 1.69. The van der Waals surface area contributed by atoms with Crippen LogP contribution < -0.4 is 5.73 Å². The summed E-state index contributed by atoms with van der Waals surface area (Å²) in [5.74, 6) is 0.175. The Morgan fingerprint density at radius 3 is 2.95 bits per heavy atom. The maximum absolute atomic E-state index is 11.9. The van der Waals surface area contributed by atoms with Crippen molar-refractivity contribution in [3.63, 3.8) is 0 Å². The molecule has 0 saturated heterocycles. The fraction of sp³-hybridized carbons (Fsp3) is 0.308. The van der Waals surface area contributed by atoms with Crippen molar-refractivity contribution in [2.24, 2.45) is 0 Å². The molecular formula is C13H16N4O2. The van der Waals surface area contributed by atoms with Gasteiger partial charge in [0.2, 0.25) is 0 Å². The van der Waals surface area contributed by atoms with Gasteiger partial charge in [-0.1, -0.05) is 19.1 Å². The number of ether oxygens (including phenoxy) is 1. The van der Waals surface area contributed by atoms with Gasteiger partial charge in [0.05, 0.1) is 5.56 Å². The summed E-state index contributed by atoms with van der Waals surface area (Å²) >= 11 is 0. The van der Waals surface area contributed by atoms with Crippen molar-refractivity contribution in [1.82, 2.24) is 14.8 Å². The number of anilines is 1. The van der Waals surface area contributed by atoms with Gasteiger partial charge < -0.3 is 10.5 Å². The average molecular weight is 260 g/mol. The normalized spacial score (nSPS) is 10.4. The van der Waals surface area contributed by atoms with Crippen LogP contribution in [0.25, 0.3) is 0 Å². The van der Waals surface area contributed by atoms with Crippen LogP contribution >= 0.6 is 0 Å². The fourth-order valence-electron chi connectivity index (χ4n) is 1.69. The second-order valence-corrected chi connectivity index (χ2v) is 4.06. The monoisotopic (exact) mass is 260 g/mol. The number of esters is 1. The second-order valence-electron chi connectivity index (χ2n) is 4.06. The quantitative estimate of drug-likeness (QED) is 0.652. The number of nitrogens with two attached hydrogens (primary N) is 1. The van der Waals surface area contributed by atoms with Crippen molar-refractivity contribution >= 4 is 11.7 Å². The number of nitrogens with zero attached hydrogens (tertiary/aromatic N) is 3. The first-order valence-electron chi connectivity index (χ1n) is 6.10. The summed E-state index contributed by atoms with van der Waals surface area (Å²) in [6.45, 7) is 2.88. The number of hydrogen-bond acceptors (Lipinski definition) is 5. The Labute approximate surface area is 111 Å². The van der Waals surface area contributed by atoms with Gasteiger partial charge in [-0.25, -0.2) is 14.5 Å². The van der Waals surface area contributed by atoms with E-state index < -0.39 is 5.97 Å². The number of aromatic nitrogens is 3. The van der Waals surface area contributed by atoms with Crippen molar-refractivity contribution in [3.05, 3.63) is 42.0 Å². The number of para-hydroxylation sites is 1. The lowest BCUT2D eigenvalue weighted by Gasteiger charge is -2.07. The molecule has 6 heteroatoms. The second kappa shape index (κ2) is 5.99. The van der Waals surface area contributed by atoms with Crippen molar-refractivity contribution in [2.75, 3.05) is 5.73 Å². The lowest BCUT2D eigenvalue weighted by molar-refractivity contribution is 0.0458. The van der Waals surface area contributed by atoms with Gasteiger partial charge in [-0.2, -0.15) is 5.10 Å². The largest absolute Gasteiger partial charge is 0.454 e. The highest BCUT2D eigenvalue weighted by molar-refractivity contribution is 5.94. The highest BCUT2D eigenvalue weighted by atomic mass is 16.5. The molecule has 0 bridgehead atoms. The minimum Gasteiger partial charge on any atom is -0.454 e. The highest BCUT2D eigenvalue weighted by Gasteiger charge is 2.12. The van der Waals surface area contributed by atoms with E-state index in [4.69, 9.17) is 10.5 Å². The van der Waals surface area contributed by atoms with E-state index in [9.17, 15) is 4.79 Å². The van der Waals surface area contributed by atoms with Crippen LogP contribution in [0.1, 0.15) is 29.5 Å². The topological polar surface area (TPSA) is 83.0 Å². The van der Waals surface area contributed by atoms with E-state index in [2.05, 4.69) is 10.1 Å². The summed E-state index contributed by atoms with van der Waals surface area (Å²) in [6, 6.07) is 6.81. The minimum absolute atomic E-state index is 0.0904. The first kappa shape index (κ1) is 13.1. The molecule has 2 rings (SSSR count). The molecule has 0 amide bonds. The van der Waals surface area contributed by atoms with E-state index in [1.165, 1.54) is 6.33 Å². The average Bonchev–Trinajstić information content (AvgIpc) is 2.84. The van der Waals surface area contributed by atoms with Gasteiger partial charge >= 0.3 is 5.97 Å². The number of nitrogen functional groups attached to an aromatic ring is 1. The van der Waals surface area contributed by atoms with E-state index in [-0.39, 0.29) is 6.61 Å². The number of hydrogen-bond donors (Lipinski definition) is 1. The third-order valence-corrected chi connectivity index (χ3v) is 2.64. The van der Waals surface area contributed by atoms with E-state index in [0.717, 1.165) is 13.0 Å². The molecule has 1 aromatic carbocycles. The molecule has 1 aromatic heterocycles. The Balaban J connectivity index is 2.01. The summed E-state index contributed by atoms with van der Waals surface area (Å²) in [4.78, 5) is 15.9. The number of carbonyl (C=O) groups excluding carboxylic acids is 1. The SMILES string of the molecule is CCCn1ncnc1COC(=O)c1ccccc1N. The molecule has 6 nitrogen and oxygen atoms in total. The lowest BCUT2D eigenvalue weighted by atomic mass is 10.2.